The van der Waals surface area contributed by atoms with E-state index in [1.54, 1.807) is 11.8 Å². The lowest BCUT2D eigenvalue weighted by atomic mass is 9.99. The summed E-state index contributed by atoms with van der Waals surface area (Å²) in [4.78, 5) is 13.2. The third-order valence-corrected chi connectivity index (χ3v) is 3.44. The number of amides is 1. The molecule has 1 atom stereocenters. The van der Waals surface area contributed by atoms with Crippen LogP contribution >= 0.6 is 15.9 Å². The van der Waals surface area contributed by atoms with Gasteiger partial charge in [-0.3, -0.25) is 4.79 Å². The van der Waals surface area contributed by atoms with E-state index < -0.39 is 0 Å². The van der Waals surface area contributed by atoms with Crippen LogP contribution in [-0.2, 0) is 4.79 Å². The van der Waals surface area contributed by atoms with Crippen molar-refractivity contribution in [2.75, 3.05) is 13.7 Å². The van der Waals surface area contributed by atoms with E-state index in [1.807, 2.05) is 25.2 Å². The predicted molar refractivity (Wildman–Crippen MR) is 65.4 cm³/mol. The maximum atomic E-state index is 11.4. The van der Waals surface area contributed by atoms with Gasteiger partial charge >= 0.3 is 0 Å². The molecule has 0 unspecified atom stereocenters. The summed E-state index contributed by atoms with van der Waals surface area (Å²) in [7, 11) is 1.84. The molecule has 1 aromatic carbocycles. The molecule has 0 fully saturated rings. The van der Waals surface area contributed by atoms with E-state index in [0.29, 0.717) is 6.61 Å². The van der Waals surface area contributed by atoms with Crippen molar-refractivity contribution < 1.29 is 9.53 Å². The number of fused-ring (bicyclic) bond motifs is 1. The van der Waals surface area contributed by atoms with Crippen LogP contribution in [0.4, 0.5) is 0 Å². The summed E-state index contributed by atoms with van der Waals surface area (Å²) in [6.07, 6.45) is 0.847. The van der Waals surface area contributed by atoms with Gasteiger partial charge in [0.25, 0.3) is 0 Å². The smallest absolute Gasteiger partial charge is 0.219 e. The Morgan fingerprint density at radius 2 is 2.31 bits per heavy atom. The molecule has 0 saturated carbocycles. The van der Waals surface area contributed by atoms with Crippen molar-refractivity contribution in [2.45, 2.75) is 19.4 Å². The number of halogens is 1. The summed E-state index contributed by atoms with van der Waals surface area (Å²) in [5.41, 5.74) is 1.08. The third-order valence-electron chi connectivity index (χ3n) is 2.94. The van der Waals surface area contributed by atoms with Crippen molar-refractivity contribution in [3.05, 3.63) is 28.2 Å². The van der Waals surface area contributed by atoms with Crippen LogP contribution in [0.3, 0.4) is 0 Å². The molecule has 16 heavy (non-hydrogen) atoms. The van der Waals surface area contributed by atoms with Gasteiger partial charge in [-0.15, -0.1) is 0 Å². The van der Waals surface area contributed by atoms with E-state index in [9.17, 15) is 4.79 Å². The second kappa shape index (κ2) is 4.45. The Morgan fingerprint density at radius 3 is 3.00 bits per heavy atom. The Morgan fingerprint density at radius 1 is 1.56 bits per heavy atom. The number of rotatable bonds is 1. The first-order valence-electron chi connectivity index (χ1n) is 5.25. The number of carbonyl (C=O) groups is 1. The summed E-state index contributed by atoms with van der Waals surface area (Å²) in [5, 5.41) is 0. The first kappa shape index (κ1) is 11.5. The number of carbonyl (C=O) groups excluding carboxylic acids is 1. The summed E-state index contributed by atoms with van der Waals surface area (Å²) >= 11 is 3.45. The molecular formula is C12H14BrNO2. The van der Waals surface area contributed by atoms with Crippen LogP contribution in [0, 0.1) is 0 Å². The molecule has 0 aliphatic carbocycles. The summed E-state index contributed by atoms with van der Waals surface area (Å²) in [6, 6.07) is 6.05. The first-order chi connectivity index (χ1) is 7.59. The molecule has 0 N–H and O–H groups in total. The third kappa shape index (κ3) is 2.07. The van der Waals surface area contributed by atoms with Gasteiger partial charge in [0.05, 0.1) is 12.6 Å². The van der Waals surface area contributed by atoms with E-state index in [1.165, 1.54) is 0 Å². The minimum absolute atomic E-state index is 0.0813. The van der Waals surface area contributed by atoms with Crippen LogP contribution in [0.25, 0.3) is 0 Å². The van der Waals surface area contributed by atoms with Crippen LogP contribution in [0.15, 0.2) is 22.7 Å². The Labute approximate surface area is 104 Å². The van der Waals surface area contributed by atoms with Gasteiger partial charge in [0.1, 0.15) is 5.75 Å². The zero-order chi connectivity index (χ0) is 11.7. The molecule has 4 heteroatoms. The highest BCUT2D eigenvalue weighted by Crippen LogP contribution is 2.36. The van der Waals surface area contributed by atoms with E-state index >= 15 is 0 Å². The zero-order valence-electron chi connectivity index (χ0n) is 9.37. The molecule has 1 heterocycles. The van der Waals surface area contributed by atoms with Crippen LogP contribution in [0.2, 0.25) is 0 Å². The van der Waals surface area contributed by atoms with E-state index in [0.717, 1.165) is 22.2 Å². The maximum absolute atomic E-state index is 11.4. The minimum atomic E-state index is 0.0813. The molecule has 1 aliphatic rings. The average molecular weight is 284 g/mol. The van der Waals surface area contributed by atoms with Gasteiger partial charge in [-0.2, -0.15) is 0 Å². The van der Waals surface area contributed by atoms with E-state index in [4.69, 9.17) is 4.74 Å². The first-order valence-corrected chi connectivity index (χ1v) is 6.04. The SMILES string of the molecule is CC(=O)N(C)[C@@H]1CCOc2ccc(Br)cc21. The fourth-order valence-electron chi connectivity index (χ4n) is 1.97. The minimum Gasteiger partial charge on any atom is -0.493 e. The normalized spacial score (nSPS) is 18.6. The quantitative estimate of drug-likeness (QED) is 0.793. The van der Waals surface area contributed by atoms with Crippen LogP contribution in [0.1, 0.15) is 24.9 Å². The Hall–Kier alpha value is -1.03. The summed E-state index contributed by atoms with van der Waals surface area (Å²) < 4.78 is 6.59. The molecule has 86 valence electrons. The second-order valence-corrected chi connectivity index (χ2v) is 4.88. The standard InChI is InChI=1S/C12H14BrNO2/c1-8(15)14(2)11-5-6-16-12-4-3-9(13)7-10(11)12/h3-4,7,11H,5-6H2,1-2H3/t11-/m1/s1. The van der Waals surface area contributed by atoms with Gasteiger partial charge in [-0.25, -0.2) is 0 Å². The number of nitrogens with zero attached hydrogens (tertiary/aromatic N) is 1. The molecule has 2 rings (SSSR count). The number of benzene rings is 1. The molecule has 0 saturated heterocycles. The molecular weight excluding hydrogens is 270 g/mol. The fraction of sp³-hybridized carbons (Fsp3) is 0.417. The van der Waals surface area contributed by atoms with Crippen molar-refractivity contribution in [2.24, 2.45) is 0 Å². The largest absolute Gasteiger partial charge is 0.493 e. The topological polar surface area (TPSA) is 29.5 Å². The highest BCUT2D eigenvalue weighted by molar-refractivity contribution is 9.10. The lowest BCUT2D eigenvalue weighted by Gasteiger charge is -2.32. The van der Waals surface area contributed by atoms with Gasteiger partial charge in [-0.1, -0.05) is 15.9 Å². The van der Waals surface area contributed by atoms with Crippen molar-refractivity contribution in [3.8, 4) is 5.75 Å². The highest BCUT2D eigenvalue weighted by Gasteiger charge is 2.26. The number of ether oxygens (including phenoxy) is 1. The zero-order valence-corrected chi connectivity index (χ0v) is 11.0. The molecule has 3 nitrogen and oxygen atoms in total. The second-order valence-electron chi connectivity index (χ2n) is 3.97. The number of hydrogen-bond acceptors (Lipinski definition) is 2. The van der Waals surface area contributed by atoms with Gasteiger partial charge < -0.3 is 9.64 Å². The highest BCUT2D eigenvalue weighted by atomic mass is 79.9. The Balaban J connectivity index is 2.38. The summed E-state index contributed by atoms with van der Waals surface area (Å²) in [5.74, 6) is 0.963. The van der Waals surface area contributed by atoms with Crippen LogP contribution in [-0.4, -0.2) is 24.5 Å². The molecule has 1 aromatic rings. The molecule has 1 amide bonds. The molecule has 0 radical (unpaired) electrons. The maximum Gasteiger partial charge on any atom is 0.219 e. The lowest BCUT2D eigenvalue weighted by molar-refractivity contribution is -0.130. The average Bonchev–Trinajstić information content (AvgIpc) is 2.27. The van der Waals surface area contributed by atoms with Crippen molar-refractivity contribution in [1.82, 2.24) is 4.90 Å². The predicted octanol–water partition coefficient (Wildman–Crippen LogP) is 2.75. The molecule has 0 aromatic heterocycles. The monoisotopic (exact) mass is 283 g/mol. The molecule has 0 bridgehead atoms. The molecule has 1 aliphatic heterocycles. The molecule has 0 spiro atoms. The fourth-order valence-corrected chi connectivity index (χ4v) is 2.35. The van der Waals surface area contributed by atoms with E-state index in [2.05, 4.69) is 15.9 Å². The lowest BCUT2D eigenvalue weighted by Crippen LogP contribution is -2.32. The summed E-state index contributed by atoms with van der Waals surface area (Å²) in [6.45, 7) is 2.25. The van der Waals surface area contributed by atoms with Crippen LogP contribution in [0.5, 0.6) is 5.75 Å². The van der Waals surface area contributed by atoms with Gasteiger partial charge in [-0.05, 0) is 18.2 Å². The Kier molecular flexibility index (Phi) is 3.19. The van der Waals surface area contributed by atoms with Crippen molar-refractivity contribution in [3.63, 3.8) is 0 Å². The van der Waals surface area contributed by atoms with Gasteiger partial charge in [0.2, 0.25) is 5.91 Å². The van der Waals surface area contributed by atoms with Gasteiger partial charge in [0.15, 0.2) is 0 Å². The Bertz CT molecular complexity index is 419. The van der Waals surface area contributed by atoms with Crippen molar-refractivity contribution in [1.29, 1.82) is 0 Å². The van der Waals surface area contributed by atoms with Crippen LogP contribution < -0.4 is 4.74 Å². The van der Waals surface area contributed by atoms with Gasteiger partial charge in [0, 0.05) is 30.4 Å². The van der Waals surface area contributed by atoms with E-state index in [-0.39, 0.29) is 11.9 Å². The van der Waals surface area contributed by atoms with Crippen molar-refractivity contribution >= 4 is 21.8 Å². The number of hydrogen-bond donors (Lipinski definition) is 0.